The summed E-state index contributed by atoms with van der Waals surface area (Å²) in [5.74, 6) is -2.33. The van der Waals surface area contributed by atoms with Crippen LogP contribution in [0.4, 0.5) is 5.69 Å². The maximum atomic E-state index is 12.0. The molecule has 1 heterocycles. The van der Waals surface area contributed by atoms with E-state index in [1.54, 1.807) is 36.4 Å². The first-order valence-corrected chi connectivity index (χ1v) is 7.53. The number of rotatable bonds is 3. The molecule has 3 rings (SSSR count). The van der Waals surface area contributed by atoms with Gasteiger partial charge in [0.25, 0.3) is 5.56 Å². The van der Waals surface area contributed by atoms with Crippen molar-refractivity contribution in [3.05, 3.63) is 70.5 Å². The molecule has 1 aromatic heterocycles. The summed E-state index contributed by atoms with van der Waals surface area (Å²) in [5.41, 5.74) is 0.200. The normalized spacial score (nSPS) is 10.4. The molecule has 0 unspecified atom stereocenters. The molecular weight excluding hydrogens is 322 g/mol. The monoisotopic (exact) mass is 337 g/mol. The summed E-state index contributed by atoms with van der Waals surface area (Å²) in [6, 6.07) is 15.7. The van der Waals surface area contributed by atoms with Crippen LogP contribution in [0.1, 0.15) is 5.56 Å². The maximum absolute atomic E-state index is 12.0. The minimum absolute atomic E-state index is 0.174. The van der Waals surface area contributed by atoms with Gasteiger partial charge in [0, 0.05) is 11.9 Å². The molecule has 7 heteroatoms. The van der Waals surface area contributed by atoms with Crippen molar-refractivity contribution in [2.45, 2.75) is 6.54 Å². The van der Waals surface area contributed by atoms with E-state index < -0.39 is 17.4 Å². The minimum Gasteiger partial charge on any atom is -0.505 e. The summed E-state index contributed by atoms with van der Waals surface area (Å²) in [5, 5.41) is 15.2. The number of nitrogens with one attached hydrogen (secondary N) is 3. The Balaban J connectivity index is 1.75. The number of H-pyrrole nitrogens is 1. The van der Waals surface area contributed by atoms with E-state index >= 15 is 0 Å². The van der Waals surface area contributed by atoms with Crippen LogP contribution >= 0.6 is 0 Å². The molecule has 2 aromatic carbocycles. The highest BCUT2D eigenvalue weighted by Gasteiger charge is 2.19. The second-order valence-electron chi connectivity index (χ2n) is 5.35. The molecule has 0 radical (unpaired) electrons. The van der Waals surface area contributed by atoms with Crippen molar-refractivity contribution in [2.24, 2.45) is 0 Å². The van der Waals surface area contributed by atoms with Gasteiger partial charge in [0.2, 0.25) is 0 Å². The average molecular weight is 337 g/mol. The molecule has 0 spiro atoms. The zero-order chi connectivity index (χ0) is 17.8. The number of anilines is 1. The number of fused-ring (bicyclic) bond motifs is 1. The molecule has 0 aliphatic carbocycles. The highest BCUT2D eigenvalue weighted by atomic mass is 16.3. The number of aromatic amines is 1. The van der Waals surface area contributed by atoms with Crippen LogP contribution in [0.5, 0.6) is 5.75 Å². The molecule has 0 fully saturated rings. The van der Waals surface area contributed by atoms with E-state index in [0.717, 1.165) is 5.56 Å². The van der Waals surface area contributed by atoms with Gasteiger partial charge in [-0.1, -0.05) is 42.5 Å². The van der Waals surface area contributed by atoms with Crippen LogP contribution in [0.3, 0.4) is 0 Å². The van der Waals surface area contributed by atoms with Crippen LogP contribution in [-0.4, -0.2) is 21.9 Å². The van der Waals surface area contributed by atoms with E-state index in [1.165, 1.54) is 0 Å². The molecular formula is C18H15N3O4. The Hall–Kier alpha value is -3.61. The summed E-state index contributed by atoms with van der Waals surface area (Å²) in [7, 11) is 0. The number of benzene rings is 2. The van der Waals surface area contributed by atoms with Crippen molar-refractivity contribution in [1.29, 1.82) is 0 Å². The van der Waals surface area contributed by atoms with Crippen LogP contribution in [-0.2, 0) is 16.1 Å². The van der Waals surface area contributed by atoms with Crippen LogP contribution in [0, 0.1) is 0 Å². The standard InChI is InChI=1S/C18H15N3O4/c22-15-12-8-4-5-9-13(12)20-16(23)14(15)21-18(25)17(24)19-10-11-6-2-1-3-7-11/h1-9H,10H2,(H,19,24)(H,21,25)(H2,20,22,23). The number of hydrogen-bond donors (Lipinski definition) is 4. The molecule has 0 saturated heterocycles. The number of aromatic nitrogens is 1. The highest BCUT2D eigenvalue weighted by Crippen LogP contribution is 2.27. The van der Waals surface area contributed by atoms with Crippen molar-refractivity contribution in [3.8, 4) is 5.75 Å². The number of carbonyl (C=O) groups is 2. The van der Waals surface area contributed by atoms with E-state index in [1.807, 2.05) is 18.2 Å². The Morgan fingerprint density at radius 3 is 2.40 bits per heavy atom. The SMILES string of the molecule is O=C(NCc1ccccc1)C(=O)Nc1c(O)c2ccccc2[nH]c1=O. The van der Waals surface area contributed by atoms with Crippen molar-refractivity contribution >= 4 is 28.4 Å². The van der Waals surface area contributed by atoms with E-state index in [2.05, 4.69) is 15.6 Å². The smallest absolute Gasteiger partial charge is 0.313 e. The summed E-state index contributed by atoms with van der Waals surface area (Å²) in [4.78, 5) is 38.4. The van der Waals surface area contributed by atoms with Gasteiger partial charge >= 0.3 is 11.8 Å². The quantitative estimate of drug-likeness (QED) is 0.543. The molecule has 2 amide bonds. The molecule has 7 nitrogen and oxygen atoms in total. The lowest BCUT2D eigenvalue weighted by Crippen LogP contribution is -2.36. The molecule has 3 aromatic rings. The second-order valence-corrected chi connectivity index (χ2v) is 5.35. The lowest BCUT2D eigenvalue weighted by Gasteiger charge is -2.09. The molecule has 0 saturated carbocycles. The van der Waals surface area contributed by atoms with Crippen molar-refractivity contribution in [1.82, 2.24) is 10.3 Å². The molecule has 25 heavy (non-hydrogen) atoms. The Kier molecular flexibility index (Phi) is 4.47. The Morgan fingerprint density at radius 2 is 1.64 bits per heavy atom. The molecule has 126 valence electrons. The lowest BCUT2D eigenvalue weighted by molar-refractivity contribution is -0.136. The minimum atomic E-state index is -1.04. The van der Waals surface area contributed by atoms with E-state index in [4.69, 9.17) is 0 Å². The number of carbonyl (C=O) groups excluding carboxylic acids is 2. The van der Waals surface area contributed by atoms with E-state index in [-0.39, 0.29) is 18.0 Å². The van der Waals surface area contributed by atoms with Crippen molar-refractivity contribution < 1.29 is 14.7 Å². The first-order valence-electron chi connectivity index (χ1n) is 7.53. The molecule has 4 N–H and O–H groups in total. The van der Waals surface area contributed by atoms with E-state index in [0.29, 0.717) is 10.9 Å². The molecule has 0 aliphatic rings. The number of hydrogen-bond acceptors (Lipinski definition) is 4. The first kappa shape index (κ1) is 16.3. The summed E-state index contributed by atoms with van der Waals surface area (Å²) in [6.07, 6.45) is 0. The number of pyridine rings is 1. The summed E-state index contributed by atoms with van der Waals surface area (Å²) in [6.45, 7) is 0.174. The Morgan fingerprint density at radius 1 is 0.960 bits per heavy atom. The Bertz CT molecular complexity index is 996. The zero-order valence-corrected chi connectivity index (χ0v) is 13.1. The Labute approximate surface area is 142 Å². The predicted molar refractivity (Wildman–Crippen MR) is 93.2 cm³/mol. The number of amides is 2. The van der Waals surface area contributed by atoms with Gasteiger partial charge < -0.3 is 20.7 Å². The highest BCUT2D eigenvalue weighted by molar-refractivity contribution is 6.39. The van der Waals surface area contributed by atoms with Gasteiger partial charge in [-0.05, 0) is 17.7 Å². The van der Waals surface area contributed by atoms with Gasteiger partial charge in [0.15, 0.2) is 11.4 Å². The largest absolute Gasteiger partial charge is 0.505 e. The number of para-hydroxylation sites is 1. The third-order valence-corrected chi connectivity index (χ3v) is 3.63. The fourth-order valence-corrected chi connectivity index (χ4v) is 2.37. The van der Waals surface area contributed by atoms with Gasteiger partial charge in [0.1, 0.15) is 0 Å². The predicted octanol–water partition coefficient (Wildman–Crippen LogP) is 1.49. The van der Waals surface area contributed by atoms with Gasteiger partial charge in [0.05, 0.1) is 5.52 Å². The van der Waals surface area contributed by atoms with Gasteiger partial charge in [-0.25, -0.2) is 0 Å². The third-order valence-electron chi connectivity index (χ3n) is 3.63. The van der Waals surface area contributed by atoms with Crippen molar-refractivity contribution in [3.63, 3.8) is 0 Å². The third kappa shape index (κ3) is 3.50. The molecule has 0 aliphatic heterocycles. The zero-order valence-electron chi connectivity index (χ0n) is 13.1. The second kappa shape index (κ2) is 6.88. The fourth-order valence-electron chi connectivity index (χ4n) is 2.37. The van der Waals surface area contributed by atoms with E-state index in [9.17, 15) is 19.5 Å². The molecule has 0 bridgehead atoms. The average Bonchev–Trinajstić information content (AvgIpc) is 2.63. The molecule has 0 atom stereocenters. The van der Waals surface area contributed by atoms with Gasteiger partial charge in [-0.3, -0.25) is 14.4 Å². The number of aromatic hydroxyl groups is 1. The van der Waals surface area contributed by atoms with Gasteiger partial charge in [-0.15, -0.1) is 0 Å². The topological polar surface area (TPSA) is 111 Å². The van der Waals surface area contributed by atoms with Crippen LogP contribution < -0.4 is 16.2 Å². The van der Waals surface area contributed by atoms with Crippen LogP contribution in [0.2, 0.25) is 0 Å². The summed E-state index contributed by atoms with van der Waals surface area (Å²) < 4.78 is 0. The first-order chi connectivity index (χ1) is 12.1. The van der Waals surface area contributed by atoms with Crippen LogP contribution in [0.25, 0.3) is 10.9 Å². The van der Waals surface area contributed by atoms with Crippen LogP contribution in [0.15, 0.2) is 59.4 Å². The van der Waals surface area contributed by atoms with Crippen molar-refractivity contribution in [2.75, 3.05) is 5.32 Å². The van der Waals surface area contributed by atoms with Gasteiger partial charge in [-0.2, -0.15) is 0 Å². The maximum Gasteiger partial charge on any atom is 0.313 e. The summed E-state index contributed by atoms with van der Waals surface area (Å²) >= 11 is 0. The lowest BCUT2D eigenvalue weighted by atomic mass is 10.2. The fraction of sp³-hybridized carbons (Fsp3) is 0.0556.